The van der Waals surface area contributed by atoms with Crippen LogP contribution in [0.3, 0.4) is 0 Å². The average molecular weight is 312 g/mol. The maximum atomic E-state index is 6.22. The first kappa shape index (κ1) is 14.7. The maximum absolute atomic E-state index is 6.22. The molecule has 0 unspecified atom stereocenters. The minimum atomic E-state index is 0.406. The van der Waals surface area contributed by atoms with Crippen molar-refractivity contribution in [1.29, 1.82) is 0 Å². The second kappa shape index (κ2) is 6.71. The van der Waals surface area contributed by atoms with Gasteiger partial charge < -0.3 is 10.1 Å². The second-order valence-electron chi connectivity index (χ2n) is 6.61. The molecular formula is C18H24N4O. The molecule has 2 aromatic rings. The van der Waals surface area contributed by atoms with Crippen molar-refractivity contribution < 1.29 is 4.74 Å². The normalized spacial score (nSPS) is 21.3. The van der Waals surface area contributed by atoms with Crippen LogP contribution in [0.5, 0.6) is 5.75 Å². The Morgan fingerprint density at radius 2 is 2.04 bits per heavy atom. The summed E-state index contributed by atoms with van der Waals surface area (Å²) in [5.74, 6) is 2.15. The van der Waals surface area contributed by atoms with Gasteiger partial charge in [-0.3, -0.25) is 0 Å². The van der Waals surface area contributed by atoms with Gasteiger partial charge in [-0.15, -0.1) is 0 Å². The molecule has 1 aromatic carbocycles. The Morgan fingerprint density at radius 3 is 2.96 bits per heavy atom. The van der Waals surface area contributed by atoms with Crippen molar-refractivity contribution in [3.63, 3.8) is 0 Å². The Balaban J connectivity index is 1.37. The monoisotopic (exact) mass is 312 g/mol. The van der Waals surface area contributed by atoms with E-state index >= 15 is 0 Å². The SMILES string of the molecule is c1ccc(OC2CCCC2)c(CN[C@H]2CCc3ncnn3C2)c1. The molecular weight excluding hydrogens is 288 g/mol. The fraction of sp³-hybridized carbons (Fsp3) is 0.556. The highest BCUT2D eigenvalue weighted by Gasteiger charge is 2.21. The zero-order valence-electron chi connectivity index (χ0n) is 13.4. The van der Waals surface area contributed by atoms with Crippen LogP contribution < -0.4 is 10.1 Å². The lowest BCUT2D eigenvalue weighted by Gasteiger charge is -2.24. The largest absolute Gasteiger partial charge is 0.490 e. The number of nitrogens with zero attached hydrogens (tertiary/aromatic N) is 3. The van der Waals surface area contributed by atoms with Crippen LogP contribution in [0.4, 0.5) is 0 Å². The molecule has 4 rings (SSSR count). The Hall–Kier alpha value is -1.88. The third-order valence-corrected chi connectivity index (χ3v) is 4.96. The molecule has 1 fully saturated rings. The number of rotatable bonds is 5. The standard InChI is InChI=1S/C18H24N4O/c1-4-8-17(23-16-6-2-3-7-16)14(5-1)11-19-15-9-10-18-20-13-21-22(18)12-15/h1,4-5,8,13,15-16,19H,2-3,6-7,9-12H2/t15-/m0/s1. The van der Waals surface area contributed by atoms with E-state index in [4.69, 9.17) is 4.74 Å². The van der Waals surface area contributed by atoms with Gasteiger partial charge >= 0.3 is 0 Å². The fourth-order valence-corrected chi connectivity index (χ4v) is 3.61. The Bertz CT molecular complexity index is 648. The van der Waals surface area contributed by atoms with E-state index in [9.17, 15) is 0 Å². The van der Waals surface area contributed by atoms with E-state index in [1.807, 2.05) is 4.68 Å². The molecule has 1 aliphatic heterocycles. The van der Waals surface area contributed by atoms with Crippen molar-refractivity contribution in [3.8, 4) is 5.75 Å². The summed E-state index contributed by atoms with van der Waals surface area (Å²) >= 11 is 0. The topological polar surface area (TPSA) is 52.0 Å². The van der Waals surface area contributed by atoms with Crippen molar-refractivity contribution in [2.24, 2.45) is 0 Å². The molecule has 1 aromatic heterocycles. The zero-order valence-corrected chi connectivity index (χ0v) is 13.4. The molecule has 1 N–H and O–H groups in total. The fourth-order valence-electron chi connectivity index (χ4n) is 3.61. The van der Waals surface area contributed by atoms with Crippen molar-refractivity contribution in [2.75, 3.05) is 0 Å². The molecule has 122 valence electrons. The summed E-state index contributed by atoms with van der Waals surface area (Å²) in [6.07, 6.45) is 9.16. The molecule has 0 radical (unpaired) electrons. The van der Waals surface area contributed by atoms with Crippen molar-refractivity contribution >= 4 is 0 Å². The molecule has 1 saturated carbocycles. The van der Waals surface area contributed by atoms with E-state index in [1.165, 1.54) is 31.2 Å². The highest BCUT2D eigenvalue weighted by Crippen LogP contribution is 2.26. The third kappa shape index (κ3) is 3.39. The first-order valence-electron chi connectivity index (χ1n) is 8.73. The van der Waals surface area contributed by atoms with Gasteiger partial charge in [0.05, 0.1) is 12.6 Å². The van der Waals surface area contributed by atoms with Gasteiger partial charge in [0.1, 0.15) is 17.9 Å². The van der Waals surface area contributed by atoms with Crippen LogP contribution in [0, 0.1) is 0 Å². The van der Waals surface area contributed by atoms with E-state index in [2.05, 4.69) is 39.7 Å². The van der Waals surface area contributed by atoms with Gasteiger partial charge in [0.2, 0.25) is 0 Å². The number of fused-ring (bicyclic) bond motifs is 1. The van der Waals surface area contributed by atoms with E-state index < -0.39 is 0 Å². The van der Waals surface area contributed by atoms with E-state index in [0.29, 0.717) is 12.1 Å². The molecule has 1 aliphatic carbocycles. The van der Waals surface area contributed by atoms with Crippen LogP contribution in [0.25, 0.3) is 0 Å². The van der Waals surface area contributed by atoms with Gasteiger partial charge in [-0.1, -0.05) is 18.2 Å². The van der Waals surface area contributed by atoms with Gasteiger partial charge in [-0.25, -0.2) is 9.67 Å². The summed E-state index contributed by atoms with van der Waals surface area (Å²) < 4.78 is 8.24. The molecule has 2 aliphatic rings. The van der Waals surface area contributed by atoms with Crippen LogP contribution in [-0.4, -0.2) is 26.9 Å². The van der Waals surface area contributed by atoms with Gasteiger partial charge in [-0.2, -0.15) is 5.10 Å². The van der Waals surface area contributed by atoms with Crippen molar-refractivity contribution in [2.45, 2.75) is 63.8 Å². The summed E-state index contributed by atoms with van der Waals surface area (Å²) in [5.41, 5.74) is 1.25. The van der Waals surface area contributed by atoms with Crippen LogP contribution in [0.1, 0.15) is 43.5 Å². The summed E-state index contributed by atoms with van der Waals surface area (Å²) in [5, 5.41) is 7.95. The lowest BCUT2D eigenvalue weighted by Crippen LogP contribution is -2.37. The Labute approximate surface area is 137 Å². The first-order chi connectivity index (χ1) is 11.4. The van der Waals surface area contributed by atoms with Crippen LogP contribution in [0.15, 0.2) is 30.6 Å². The second-order valence-corrected chi connectivity index (χ2v) is 6.61. The molecule has 0 saturated heterocycles. The van der Waals surface area contributed by atoms with Crippen molar-refractivity contribution in [3.05, 3.63) is 42.0 Å². The highest BCUT2D eigenvalue weighted by atomic mass is 16.5. The minimum Gasteiger partial charge on any atom is -0.490 e. The third-order valence-electron chi connectivity index (χ3n) is 4.96. The quantitative estimate of drug-likeness (QED) is 0.922. The molecule has 5 nitrogen and oxygen atoms in total. The molecule has 2 heterocycles. The summed E-state index contributed by atoms with van der Waals surface area (Å²) in [6, 6.07) is 8.88. The Morgan fingerprint density at radius 1 is 1.17 bits per heavy atom. The van der Waals surface area contributed by atoms with Gasteiger partial charge in [0.25, 0.3) is 0 Å². The molecule has 0 amide bonds. The summed E-state index contributed by atoms with van der Waals surface area (Å²) in [4.78, 5) is 4.29. The molecule has 23 heavy (non-hydrogen) atoms. The predicted molar refractivity (Wildman–Crippen MR) is 88.3 cm³/mol. The molecule has 5 heteroatoms. The molecule has 0 spiro atoms. The van der Waals surface area contributed by atoms with Crippen LogP contribution in [-0.2, 0) is 19.5 Å². The number of ether oxygens (including phenoxy) is 1. The van der Waals surface area contributed by atoms with Crippen molar-refractivity contribution in [1.82, 2.24) is 20.1 Å². The predicted octanol–water partition coefficient (Wildman–Crippen LogP) is 2.70. The molecule has 0 bridgehead atoms. The number of hydrogen-bond donors (Lipinski definition) is 1. The van der Waals surface area contributed by atoms with Crippen LogP contribution >= 0.6 is 0 Å². The molecule has 1 atom stereocenters. The Kier molecular flexibility index (Phi) is 4.28. The lowest BCUT2D eigenvalue weighted by atomic mass is 10.1. The van der Waals surface area contributed by atoms with E-state index in [0.717, 1.165) is 37.5 Å². The zero-order chi connectivity index (χ0) is 15.5. The van der Waals surface area contributed by atoms with Gasteiger partial charge in [0, 0.05) is 24.6 Å². The maximum Gasteiger partial charge on any atom is 0.138 e. The lowest BCUT2D eigenvalue weighted by molar-refractivity contribution is 0.207. The number of aryl methyl sites for hydroxylation is 1. The minimum absolute atomic E-state index is 0.406. The first-order valence-corrected chi connectivity index (χ1v) is 8.73. The number of para-hydroxylation sites is 1. The highest BCUT2D eigenvalue weighted by molar-refractivity contribution is 5.33. The van der Waals surface area contributed by atoms with Gasteiger partial charge in [0.15, 0.2) is 0 Å². The van der Waals surface area contributed by atoms with Crippen LogP contribution in [0.2, 0.25) is 0 Å². The number of nitrogens with one attached hydrogen (secondary N) is 1. The number of hydrogen-bond acceptors (Lipinski definition) is 4. The number of aromatic nitrogens is 3. The smallest absolute Gasteiger partial charge is 0.138 e. The summed E-state index contributed by atoms with van der Waals surface area (Å²) in [7, 11) is 0. The van der Waals surface area contributed by atoms with Gasteiger partial charge in [-0.05, 0) is 38.2 Å². The number of benzene rings is 1. The van der Waals surface area contributed by atoms with E-state index in [1.54, 1.807) is 6.33 Å². The summed E-state index contributed by atoms with van der Waals surface area (Å²) in [6.45, 7) is 1.75. The average Bonchev–Trinajstić information content (AvgIpc) is 3.25. The van der Waals surface area contributed by atoms with E-state index in [-0.39, 0.29) is 0 Å².